The number of aliphatic hydroxyl groups is 1. The fraction of sp³-hybridized carbons (Fsp3) is 0.686. The third-order valence-electron chi connectivity index (χ3n) is 12.4. The van der Waals surface area contributed by atoms with Crippen LogP contribution in [0.15, 0.2) is 12.2 Å². The summed E-state index contributed by atoms with van der Waals surface area (Å²) in [6.07, 6.45) is 5.97. The second kappa shape index (κ2) is 39.6. The number of aliphatic hydroxyl groups excluding tert-OH is 1. The molecule has 7 atom stereocenters. The van der Waals surface area contributed by atoms with Crippen molar-refractivity contribution in [1.29, 1.82) is 0 Å². The predicted molar refractivity (Wildman–Crippen MR) is 294 cm³/mol. The number of cyclic esters (lactones) is 1. The Morgan fingerprint density at radius 3 is 1.54 bits per heavy atom. The van der Waals surface area contributed by atoms with E-state index in [0.29, 0.717) is 6.42 Å². The number of nitrogens with one attached hydrogen (secondary N) is 10. The van der Waals surface area contributed by atoms with Crippen LogP contribution in [0.25, 0.3) is 0 Å². The minimum Gasteiger partial charge on any atom is -0.756 e. The fourth-order valence-electron chi connectivity index (χ4n) is 7.53. The molecule has 0 aromatic rings. The van der Waals surface area contributed by atoms with Gasteiger partial charge in [-0.25, -0.2) is 0 Å². The molecule has 0 aliphatic carbocycles. The smallest absolute Gasteiger partial charge is 0.325 e. The highest BCUT2D eigenvalue weighted by atomic mass is 16.5. The number of ether oxygens (including phenoxy) is 1. The van der Waals surface area contributed by atoms with E-state index < -0.39 is 183 Å². The van der Waals surface area contributed by atoms with Crippen LogP contribution in [-0.4, -0.2) is 198 Å². The summed E-state index contributed by atoms with van der Waals surface area (Å²) in [6.45, 7) is 3.26. The molecule has 1 rings (SSSR count). The number of unbranched alkanes of at least 4 members (excludes halogenated alkanes) is 4. The van der Waals surface area contributed by atoms with Gasteiger partial charge in [-0.2, -0.15) is 0 Å². The van der Waals surface area contributed by atoms with Gasteiger partial charge >= 0.3 is 5.97 Å². The fourth-order valence-corrected chi connectivity index (χ4v) is 7.53. The molecule has 11 N–H and O–H groups in total. The van der Waals surface area contributed by atoms with Crippen molar-refractivity contribution in [1.82, 2.24) is 68.4 Å². The van der Waals surface area contributed by atoms with E-state index in [9.17, 15) is 87.9 Å². The standard InChI is InChI=1S/C51H82N13O19/c1-8-9-10-11-12-13-14-21-40(69)57-39-29-83-43(72)27-54-46(74)35(18-15-22-62(80)32(5)66)56-41(70)25-52-45(73)31(4)55-48(76)37(20-17-24-64(82)34(7)68)59-49(77)38(28-65)60-51(79)44(30(2)3)61-42(71)26-53-47(75)36(58-50(39)78)19-16-23-63(81)33(6)67/h13-14,30-31,35-39,44,65H,8-12,15-29H2,1-7H3,(H,52,73)(H,53,75)(H,54,74)(H,55,76)(H,56,70)(H,57,69)(H,58,78)(H,59,77)(H,60,79)(H,61,71)/q-3. The Labute approximate surface area is 480 Å². The number of hydrogen-bond donors (Lipinski definition) is 11. The lowest BCUT2D eigenvalue weighted by molar-refractivity contribution is -0.147. The molecule has 7 unspecified atom stereocenters. The number of hydrogen-bond acceptors (Lipinski definition) is 19. The lowest BCUT2D eigenvalue weighted by Crippen LogP contribution is -2.60. The van der Waals surface area contributed by atoms with Gasteiger partial charge in [0.15, 0.2) is 0 Å². The van der Waals surface area contributed by atoms with Crippen molar-refractivity contribution < 1.29 is 77.0 Å². The summed E-state index contributed by atoms with van der Waals surface area (Å²) in [4.78, 5) is 183. The molecule has 0 radical (unpaired) electrons. The van der Waals surface area contributed by atoms with E-state index in [-0.39, 0.29) is 60.1 Å². The first kappa shape index (κ1) is 73.2. The number of carbonyl (C=O) groups is 14. The van der Waals surface area contributed by atoms with Crippen LogP contribution < -0.4 is 53.2 Å². The Kier molecular flexibility index (Phi) is 34.9. The molecular formula is C51H82N13O19-3. The number of rotatable bonds is 22. The molecule has 0 aromatic heterocycles. The van der Waals surface area contributed by atoms with Crippen LogP contribution in [0.3, 0.4) is 0 Å². The van der Waals surface area contributed by atoms with E-state index in [4.69, 9.17) is 4.74 Å². The van der Waals surface area contributed by atoms with Crippen molar-refractivity contribution in [3.8, 4) is 0 Å². The first-order valence-corrected chi connectivity index (χ1v) is 27.3. The third kappa shape index (κ3) is 30.2. The molecule has 0 spiro atoms. The van der Waals surface area contributed by atoms with Gasteiger partial charge in [0, 0.05) is 46.8 Å². The summed E-state index contributed by atoms with van der Waals surface area (Å²) in [6, 6.07) is -11.2. The van der Waals surface area contributed by atoms with Crippen LogP contribution in [0.5, 0.6) is 0 Å². The van der Waals surface area contributed by atoms with Crippen molar-refractivity contribution in [3.05, 3.63) is 27.8 Å². The molecule has 32 heteroatoms. The quantitative estimate of drug-likeness (QED) is 0.0215. The number of hydroxylamine groups is 6. The topological polar surface area (TPSA) is 468 Å². The van der Waals surface area contributed by atoms with Crippen molar-refractivity contribution in [3.63, 3.8) is 0 Å². The summed E-state index contributed by atoms with van der Waals surface area (Å²) < 4.78 is 5.27. The Bertz CT molecular complexity index is 2270. The van der Waals surface area contributed by atoms with Gasteiger partial charge in [0.25, 0.3) is 0 Å². The van der Waals surface area contributed by atoms with Crippen molar-refractivity contribution in [2.45, 2.75) is 168 Å². The second-order valence-electron chi connectivity index (χ2n) is 19.8. The molecule has 83 heavy (non-hydrogen) atoms. The normalized spacial score (nSPS) is 21.9. The van der Waals surface area contributed by atoms with Gasteiger partial charge in [0.05, 0.1) is 19.7 Å². The Hall–Kier alpha value is -7.84. The summed E-state index contributed by atoms with van der Waals surface area (Å²) in [7, 11) is 0. The summed E-state index contributed by atoms with van der Waals surface area (Å²) in [5.74, 6) is -14.7. The lowest BCUT2D eigenvalue weighted by Gasteiger charge is -2.28. The average Bonchev–Trinajstić information content (AvgIpc) is 3.46. The molecular weight excluding hydrogens is 1100 g/mol. The maximum Gasteiger partial charge on any atom is 0.325 e. The summed E-state index contributed by atoms with van der Waals surface area (Å²) in [5.41, 5.74) is 0. The number of nitrogens with zero attached hydrogens (tertiary/aromatic N) is 3. The summed E-state index contributed by atoms with van der Waals surface area (Å²) >= 11 is 0. The molecule has 1 saturated heterocycles. The Morgan fingerprint density at radius 1 is 0.578 bits per heavy atom. The maximum absolute atomic E-state index is 14.0. The minimum atomic E-state index is -1.81. The van der Waals surface area contributed by atoms with Crippen molar-refractivity contribution in [2.75, 3.05) is 52.5 Å². The zero-order valence-electron chi connectivity index (χ0n) is 48.1. The zero-order valence-corrected chi connectivity index (χ0v) is 48.1. The van der Waals surface area contributed by atoms with Crippen LogP contribution in [-0.2, 0) is 71.9 Å². The van der Waals surface area contributed by atoms with Gasteiger partial charge in [-0.05, 0) is 64.2 Å². The first-order valence-electron chi connectivity index (χ1n) is 27.3. The highest BCUT2D eigenvalue weighted by Gasteiger charge is 2.33. The van der Waals surface area contributed by atoms with Crippen LogP contribution in [0.4, 0.5) is 0 Å². The van der Waals surface area contributed by atoms with Gasteiger partial charge in [0.2, 0.25) is 76.8 Å². The van der Waals surface area contributed by atoms with Gasteiger partial charge in [-0.3, -0.25) is 67.1 Å². The maximum atomic E-state index is 14.0. The Balaban J connectivity index is 3.79. The van der Waals surface area contributed by atoms with Crippen LogP contribution >= 0.6 is 0 Å². The van der Waals surface area contributed by atoms with Gasteiger partial charge in [0.1, 0.15) is 55.4 Å². The van der Waals surface area contributed by atoms with E-state index in [1.165, 1.54) is 20.8 Å². The molecule has 1 fully saturated rings. The van der Waals surface area contributed by atoms with E-state index in [1.54, 1.807) is 12.2 Å². The minimum absolute atomic E-state index is 0.0815. The molecule has 1 aliphatic heterocycles. The number of allylic oxidation sites excluding steroid dienone is 1. The highest BCUT2D eigenvalue weighted by molar-refractivity contribution is 5.98. The Morgan fingerprint density at radius 2 is 1.04 bits per heavy atom. The molecule has 0 aromatic carbocycles. The van der Waals surface area contributed by atoms with E-state index in [1.807, 2.05) is 6.92 Å². The summed E-state index contributed by atoms with van der Waals surface area (Å²) in [5, 5.41) is 69.9. The average molecular weight is 1180 g/mol. The van der Waals surface area contributed by atoms with Crippen molar-refractivity contribution >= 4 is 82.8 Å². The first-order chi connectivity index (χ1) is 39.1. The number of carbonyl (C=O) groups excluding carboxylic acids is 14. The van der Waals surface area contributed by atoms with Gasteiger partial charge < -0.3 is 93.8 Å². The molecule has 0 saturated carbocycles. The van der Waals surface area contributed by atoms with Gasteiger partial charge in [-0.15, -0.1) is 0 Å². The highest BCUT2D eigenvalue weighted by Crippen LogP contribution is 2.09. The van der Waals surface area contributed by atoms with Crippen LogP contribution in [0, 0.1) is 21.5 Å². The van der Waals surface area contributed by atoms with Crippen LogP contribution in [0.1, 0.15) is 126 Å². The number of amides is 13. The molecule has 1 aliphatic rings. The van der Waals surface area contributed by atoms with Crippen LogP contribution in [0.2, 0.25) is 0 Å². The molecule has 1 heterocycles. The van der Waals surface area contributed by atoms with Crippen molar-refractivity contribution in [2.24, 2.45) is 5.92 Å². The van der Waals surface area contributed by atoms with E-state index >= 15 is 0 Å². The zero-order chi connectivity index (χ0) is 62.8. The third-order valence-corrected chi connectivity index (χ3v) is 12.4. The SMILES string of the molecule is CCCCCCC=CCC(=O)NC1COC(=O)CNC(=O)C(CCCN([O-])C(C)=O)NC(=O)CNC(=O)C(C)NC(=O)C(CCCN([O-])C(C)=O)NC(=O)C(CO)NC(=O)C(C(C)C)NC(=O)CNC(=O)C(CCCN([O-])C(C)=O)NC1=O. The van der Waals surface area contributed by atoms with E-state index in [2.05, 4.69) is 53.2 Å². The monoisotopic (exact) mass is 1180 g/mol. The second-order valence-corrected chi connectivity index (χ2v) is 19.8. The lowest BCUT2D eigenvalue weighted by atomic mass is 10.0. The molecule has 32 nitrogen and oxygen atoms in total. The largest absolute Gasteiger partial charge is 0.756 e. The predicted octanol–water partition coefficient (Wildman–Crippen LogP) is -3.75. The molecule has 0 bridgehead atoms. The van der Waals surface area contributed by atoms with Gasteiger partial charge in [-0.1, -0.05) is 52.2 Å². The van der Waals surface area contributed by atoms with E-state index in [0.717, 1.165) is 46.5 Å². The molecule has 468 valence electrons. The number of esters is 1. The molecule has 13 amide bonds.